The highest BCUT2D eigenvalue weighted by Crippen LogP contribution is 2.28. The van der Waals surface area contributed by atoms with E-state index >= 15 is 0 Å². The molecule has 18 heteroatoms. The topological polar surface area (TPSA) is 301 Å². The maximum absolute atomic E-state index is 13.2. The van der Waals surface area contributed by atoms with E-state index in [0.717, 1.165) is 54.6 Å². The molecule has 3 aromatic carbocycles. The number of aromatic hydroxyl groups is 6. The maximum Gasteiger partial charge on any atom is 0.349 e. The molecule has 0 spiro atoms. The monoisotopic (exact) mass is 766 g/mol. The van der Waals surface area contributed by atoms with Gasteiger partial charge in [0.1, 0.15) is 0 Å². The Bertz CT molecular complexity index is 2030. The Balaban J connectivity index is 2.12. The third kappa shape index (κ3) is 12.3. The molecule has 3 aromatic rings. The van der Waals surface area contributed by atoms with Gasteiger partial charge in [-0.25, -0.2) is 24.0 Å². The molecule has 18 nitrogen and oxygen atoms in total. The van der Waals surface area contributed by atoms with Crippen LogP contribution in [0.1, 0.15) is 30.5 Å². The van der Waals surface area contributed by atoms with E-state index in [2.05, 4.69) is 0 Å². The summed E-state index contributed by atoms with van der Waals surface area (Å²) in [6.45, 7) is 2.62. The van der Waals surface area contributed by atoms with E-state index < -0.39 is 101 Å². The number of esters is 4. The van der Waals surface area contributed by atoms with E-state index in [4.69, 9.17) is 18.9 Å². The number of carbonyl (C=O) groups excluding carboxylic acids is 4. The summed E-state index contributed by atoms with van der Waals surface area (Å²) in [7, 11) is 0. The van der Waals surface area contributed by atoms with Crippen molar-refractivity contribution in [2.45, 2.75) is 38.3 Å². The molecule has 0 saturated heterocycles. The summed E-state index contributed by atoms with van der Waals surface area (Å²) in [4.78, 5) is 77.1. The van der Waals surface area contributed by atoms with Crippen LogP contribution in [-0.2, 0) is 47.7 Å². The van der Waals surface area contributed by atoms with Crippen molar-refractivity contribution in [2.24, 2.45) is 5.92 Å². The van der Waals surface area contributed by atoms with E-state index in [0.29, 0.717) is 18.2 Å². The zero-order valence-corrected chi connectivity index (χ0v) is 28.7. The predicted molar refractivity (Wildman–Crippen MR) is 186 cm³/mol. The summed E-state index contributed by atoms with van der Waals surface area (Å²) in [5.74, 6) is -13.9. The van der Waals surface area contributed by atoms with Gasteiger partial charge in [0, 0.05) is 18.2 Å². The number of hydrogen-bond acceptors (Lipinski definition) is 16. The molecule has 0 radical (unpaired) electrons. The Labute approximate surface area is 310 Å². The van der Waals surface area contributed by atoms with Gasteiger partial charge in [0.05, 0.1) is 5.92 Å². The highest BCUT2D eigenvalue weighted by atomic mass is 16.6. The van der Waals surface area contributed by atoms with Crippen molar-refractivity contribution < 1.29 is 88.6 Å². The minimum atomic E-state index is -2.70. The second-order valence-electron chi connectivity index (χ2n) is 11.6. The van der Waals surface area contributed by atoms with E-state index in [1.165, 1.54) is 32.0 Å². The van der Waals surface area contributed by atoms with Gasteiger partial charge in [0.2, 0.25) is 12.2 Å². The molecule has 55 heavy (non-hydrogen) atoms. The molecule has 0 aliphatic heterocycles. The molecule has 0 aliphatic carbocycles. The Morgan fingerprint density at radius 1 is 0.473 bits per heavy atom. The number of phenolic OH excluding ortho intramolecular Hbond substituents is 6. The summed E-state index contributed by atoms with van der Waals surface area (Å²) in [5, 5.41) is 78.3. The highest BCUT2D eigenvalue weighted by Gasteiger charge is 2.50. The zero-order chi connectivity index (χ0) is 41.0. The lowest BCUT2D eigenvalue weighted by molar-refractivity contribution is -0.205. The van der Waals surface area contributed by atoms with Crippen LogP contribution in [0.4, 0.5) is 0 Å². The first-order valence-electron chi connectivity index (χ1n) is 15.7. The van der Waals surface area contributed by atoms with Gasteiger partial charge in [0.25, 0.3) is 0 Å². The van der Waals surface area contributed by atoms with Crippen LogP contribution in [0.25, 0.3) is 18.2 Å². The van der Waals surface area contributed by atoms with Crippen LogP contribution in [0.15, 0.2) is 72.8 Å². The van der Waals surface area contributed by atoms with E-state index in [9.17, 15) is 69.6 Å². The molecule has 0 bridgehead atoms. The number of hydrogen-bond donors (Lipinski definition) is 8. The molecule has 0 saturated carbocycles. The van der Waals surface area contributed by atoms with Gasteiger partial charge < -0.3 is 59.8 Å². The number of aliphatic carboxylic acids is 2. The molecule has 0 aromatic heterocycles. The number of carbonyl (C=O) groups is 6. The molecular weight excluding hydrogens is 732 g/mol. The molecule has 0 amide bonds. The number of phenols is 6. The normalized spacial score (nSPS) is 13.6. The minimum absolute atomic E-state index is 0.0954. The number of benzene rings is 3. The van der Waals surface area contributed by atoms with Gasteiger partial charge >= 0.3 is 35.8 Å². The second kappa shape index (κ2) is 18.8. The van der Waals surface area contributed by atoms with Crippen LogP contribution in [0, 0.1) is 5.92 Å². The summed E-state index contributed by atoms with van der Waals surface area (Å²) in [5.41, 5.74) is 0.307. The van der Waals surface area contributed by atoms with Crippen LogP contribution in [0.5, 0.6) is 34.5 Å². The summed E-state index contributed by atoms with van der Waals surface area (Å²) in [6, 6.07) is 10.0. The molecule has 0 heterocycles. The molecule has 8 N–H and O–H groups in total. The maximum atomic E-state index is 13.2. The fourth-order valence-corrected chi connectivity index (χ4v) is 4.32. The van der Waals surface area contributed by atoms with Crippen molar-refractivity contribution in [1.29, 1.82) is 0 Å². The first-order valence-corrected chi connectivity index (χ1v) is 15.7. The Kier molecular flexibility index (Phi) is 14.4. The lowest BCUT2D eigenvalue weighted by atomic mass is 10.0. The third-order valence-electron chi connectivity index (χ3n) is 7.10. The van der Waals surface area contributed by atoms with Gasteiger partial charge in [-0.15, -0.1) is 0 Å². The van der Waals surface area contributed by atoms with Gasteiger partial charge in [-0.3, -0.25) is 4.79 Å². The van der Waals surface area contributed by atoms with Crippen LogP contribution < -0.4 is 0 Å². The predicted octanol–water partition coefficient (Wildman–Crippen LogP) is 2.83. The number of ether oxygens (including phenoxy) is 4. The zero-order valence-electron chi connectivity index (χ0n) is 28.7. The standard InChI is InChI=1S/C37H34O18/c1-18(2)37(51)55-34(36(49)50)32(53-29(45)13-7-20-4-10-23(39)26(42)16-20)31(52-28(44)12-6-19-3-9-22(38)25(41)15-19)33(35(47)48)54-30(46)14-8-21-5-11-24(40)27(43)17-21/h3-18,31-34,38-43H,1-2H3,(H,47,48)(H,49,50)/b12-6+,13-7+,14-8+/t31-,32+,33+,34-/m0/s1. The van der Waals surface area contributed by atoms with Crippen molar-refractivity contribution in [3.05, 3.63) is 89.5 Å². The van der Waals surface area contributed by atoms with E-state index in [1.807, 2.05) is 0 Å². The molecule has 0 fully saturated rings. The van der Waals surface area contributed by atoms with Gasteiger partial charge in [-0.2, -0.15) is 0 Å². The average Bonchev–Trinajstić information content (AvgIpc) is 3.12. The molecular formula is C37H34O18. The van der Waals surface area contributed by atoms with Crippen LogP contribution in [0.2, 0.25) is 0 Å². The average molecular weight is 767 g/mol. The number of rotatable bonds is 16. The largest absolute Gasteiger partial charge is 0.504 e. The third-order valence-corrected chi connectivity index (χ3v) is 7.10. The van der Waals surface area contributed by atoms with Gasteiger partial charge in [0.15, 0.2) is 46.7 Å². The first-order chi connectivity index (χ1) is 25.9. The van der Waals surface area contributed by atoms with E-state index in [-0.39, 0.29) is 16.7 Å². The Hall–Kier alpha value is -7.50. The molecule has 0 unspecified atom stereocenters. The SMILES string of the molecule is CC(C)C(=O)O[C@H](C(=O)O)[C@H](OC(=O)/C=C/c1ccc(O)c(O)c1)[C@H](OC(=O)/C=C/c1ccc(O)c(O)c1)[C@@H](OC(=O)/C=C/c1ccc(O)c(O)c1)C(=O)O. The lowest BCUT2D eigenvalue weighted by Gasteiger charge is -2.32. The Morgan fingerprint density at radius 2 is 0.782 bits per heavy atom. The number of carboxylic acids is 2. The van der Waals surface area contributed by atoms with Gasteiger partial charge in [-0.1, -0.05) is 32.0 Å². The summed E-state index contributed by atoms with van der Waals surface area (Å²) < 4.78 is 20.6. The van der Waals surface area contributed by atoms with Crippen molar-refractivity contribution in [2.75, 3.05) is 0 Å². The first kappa shape index (κ1) is 41.9. The van der Waals surface area contributed by atoms with E-state index in [1.54, 1.807) is 0 Å². The quantitative estimate of drug-likeness (QED) is 0.0450. The van der Waals surface area contributed by atoms with Crippen molar-refractivity contribution in [1.82, 2.24) is 0 Å². The van der Waals surface area contributed by atoms with Crippen molar-refractivity contribution in [3.8, 4) is 34.5 Å². The smallest absolute Gasteiger partial charge is 0.349 e. The Morgan fingerprint density at radius 3 is 1.07 bits per heavy atom. The molecule has 0 aliphatic rings. The minimum Gasteiger partial charge on any atom is -0.504 e. The molecule has 4 atom stereocenters. The lowest BCUT2D eigenvalue weighted by Crippen LogP contribution is -2.56. The van der Waals surface area contributed by atoms with Crippen molar-refractivity contribution in [3.63, 3.8) is 0 Å². The van der Waals surface area contributed by atoms with Gasteiger partial charge in [-0.05, 0) is 71.3 Å². The second-order valence-corrected chi connectivity index (χ2v) is 11.6. The van der Waals surface area contributed by atoms with Crippen LogP contribution >= 0.6 is 0 Å². The van der Waals surface area contributed by atoms with Crippen molar-refractivity contribution >= 4 is 54.0 Å². The van der Waals surface area contributed by atoms with Crippen LogP contribution in [0.3, 0.4) is 0 Å². The summed E-state index contributed by atoms with van der Waals surface area (Å²) >= 11 is 0. The molecule has 3 rings (SSSR count). The fourth-order valence-electron chi connectivity index (χ4n) is 4.32. The fraction of sp³-hybridized carbons (Fsp3) is 0.189. The highest BCUT2D eigenvalue weighted by molar-refractivity contribution is 5.91. The molecule has 290 valence electrons. The van der Waals surface area contributed by atoms with Crippen LogP contribution in [-0.4, -0.2) is 101 Å². The number of carboxylic acid groups (broad SMARTS) is 2. The summed E-state index contributed by atoms with van der Waals surface area (Å²) in [6.07, 6.45) is -5.47.